The summed E-state index contributed by atoms with van der Waals surface area (Å²) in [4.78, 5) is 0. The van der Waals surface area contributed by atoms with Crippen LogP contribution in [0.5, 0.6) is 0 Å². The van der Waals surface area contributed by atoms with Crippen molar-refractivity contribution in [1.82, 2.24) is 4.57 Å². The molecule has 0 saturated heterocycles. The van der Waals surface area contributed by atoms with Crippen LogP contribution >= 0.6 is 22.6 Å². The third-order valence-corrected chi connectivity index (χ3v) is 3.72. The van der Waals surface area contributed by atoms with E-state index in [0.29, 0.717) is 0 Å². The lowest BCUT2D eigenvalue weighted by molar-refractivity contribution is 0.827. The Bertz CT molecular complexity index is 667. The Kier molecular flexibility index (Phi) is 2.39. The number of aryl methyl sites for hydroxylation is 1. The topological polar surface area (TPSA) is 4.93 Å². The Morgan fingerprint density at radius 2 is 1.75 bits per heavy atom. The summed E-state index contributed by atoms with van der Waals surface area (Å²) >= 11 is 2.37. The van der Waals surface area contributed by atoms with E-state index in [0.717, 1.165) is 6.54 Å². The van der Waals surface area contributed by atoms with Crippen LogP contribution in [0.15, 0.2) is 42.5 Å². The number of hydrogen-bond acceptors (Lipinski definition) is 0. The molecule has 0 N–H and O–H groups in total. The van der Waals surface area contributed by atoms with Crippen LogP contribution in [0, 0.1) is 3.57 Å². The number of benzene rings is 2. The van der Waals surface area contributed by atoms with Crippen LogP contribution in [-0.4, -0.2) is 4.57 Å². The smallest absolute Gasteiger partial charge is 0.0501 e. The van der Waals surface area contributed by atoms with Gasteiger partial charge in [-0.25, -0.2) is 0 Å². The van der Waals surface area contributed by atoms with Crippen molar-refractivity contribution >= 4 is 44.4 Å². The van der Waals surface area contributed by atoms with Crippen molar-refractivity contribution < 1.29 is 0 Å². The summed E-state index contributed by atoms with van der Waals surface area (Å²) in [5.74, 6) is 0. The average Bonchev–Trinajstić information content (AvgIpc) is 2.61. The third kappa shape index (κ3) is 1.36. The van der Waals surface area contributed by atoms with Crippen LogP contribution in [0.3, 0.4) is 0 Å². The largest absolute Gasteiger partial charge is 0.341 e. The standard InChI is InChI=1S/C14H12IN/c1-2-16-13-6-4-3-5-11(13)12-8-7-10(15)9-14(12)16/h3-9H,2H2,1H3. The first-order valence-corrected chi connectivity index (χ1v) is 6.55. The van der Waals surface area contributed by atoms with Gasteiger partial charge in [0.25, 0.3) is 0 Å². The lowest BCUT2D eigenvalue weighted by Crippen LogP contribution is -1.92. The number of para-hydroxylation sites is 1. The number of hydrogen-bond donors (Lipinski definition) is 0. The first-order chi connectivity index (χ1) is 7.81. The molecule has 0 aliphatic carbocycles. The SMILES string of the molecule is CCn1c2ccccc2c2ccc(I)cc21. The third-order valence-electron chi connectivity index (χ3n) is 3.05. The summed E-state index contributed by atoms with van der Waals surface area (Å²) < 4.78 is 3.68. The van der Waals surface area contributed by atoms with Crippen molar-refractivity contribution in [2.24, 2.45) is 0 Å². The fourth-order valence-electron chi connectivity index (χ4n) is 2.36. The quantitative estimate of drug-likeness (QED) is 0.585. The minimum Gasteiger partial charge on any atom is -0.341 e. The molecule has 0 fully saturated rings. The van der Waals surface area contributed by atoms with Gasteiger partial charge in [-0.3, -0.25) is 0 Å². The summed E-state index contributed by atoms with van der Waals surface area (Å²) in [6, 6.07) is 15.3. The zero-order chi connectivity index (χ0) is 11.1. The molecule has 2 aromatic carbocycles. The van der Waals surface area contributed by atoms with Crippen LogP contribution in [0.2, 0.25) is 0 Å². The predicted molar refractivity (Wildman–Crippen MR) is 77.8 cm³/mol. The summed E-state index contributed by atoms with van der Waals surface area (Å²) in [5.41, 5.74) is 2.68. The van der Waals surface area contributed by atoms with Crippen LogP contribution in [0.25, 0.3) is 21.8 Å². The first-order valence-electron chi connectivity index (χ1n) is 5.47. The normalized spacial score (nSPS) is 11.4. The molecule has 3 rings (SSSR count). The van der Waals surface area contributed by atoms with Crippen LogP contribution in [0.4, 0.5) is 0 Å². The molecule has 0 aliphatic heterocycles. The molecule has 0 spiro atoms. The highest BCUT2D eigenvalue weighted by molar-refractivity contribution is 14.1. The Labute approximate surface area is 108 Å². The molecule has 0 radical (unpaired) electrons. The molecule has 1 aromatic heterocycles. The van der Waals surface area contributed by atoms with Crippen molar-refractivity contribution in [3.8, 4) is 0 Å². The van der Waals surface area contributed by atoms with E-state index in [1.807, 2.05) is 0 Å². The van der Waals surface area contributed by atoms with Gasteiger partial charge in [-0.2, -0.15) is 0 Å². The van der Waals surface area contributed by atoms with Crippen LogP contribution < -0.4 is 0 Å². The van der Waals surface area contributed by atoms with E-state index in [1.165, 1.54) is 25.4 Å². The monoisotopic (exact) mass is 321 g/mol. The Morgan fingerprint density at radius 3 is 2.56 bits per heavy atom. The van der Waals surface area contributed by atoms with Gasteiger partial charge >= 0.3 is 0 Å². The molecule has 3 aromatic rings. The maximum absolute atomic E-state index is 2.38. The van der Waals surface area contributed by atoms with Gasteiger partial charge in [0, 0.05) is 26.4 Å². The van der Waals surface area contributed by atoms with Crippen molar-refractivity contribution in [3.05, 3.63) is 46.0 Å². The Hall–Kier alpha value is -1.03. The second kappa shape index (κ2) is 3.77. The van der Waals surface area contributed by atoms with E-state index < -0.39 is 0 Å². The summed E-state index contributed by atoms with van der Waals surface area (Å²) in [6.45, 7) is 3.22. The van der Waals surface area contributed by atoms with Gasteiger partial charge in [0.1, 0.15) is 0 Å². The fraction of sp³-hybridized carbons (Fsp3) is 0.143. The molecule has 1 nitrogen and oxygen atoms in total. The van der Waals surface area contributed by atoms with E-state index in [1.54, 1.807) is 0 Å². The lowest BCUT2D eigenvalue weighted by Gasteiger charge is -2.02. The molecule has 0 amide bonds. The molecule has 0 aliphatic rings. The van der Waals surface area contributed by atoms with Gasteiger partial charge in [0.15, 0.2) is 0 Å². The molecule has 0 unspecified atom stereocenters. The zero-order valence-electron chi connectivity index (χ0n) is 9.07. The summed E-state index contributed by atoms with van der Waals surface area (Å²) in [7, 11) is 0. The molecule has 0 saturated carbocycles. The van der Waals surface area contributed by atoms with Crippen LogP contribution in [-0.2, 0) is 6.54 Å². The fourth-order valence-corrected chi connectivity index (χ4v) is 2.84. The molecule has 1 heterocycles. The number of rotatable bonds is 1. The number of nitrogens with zero attached hydrogens (tertiary/aromatic N) is 1. The summed E-state index contributed by atoms with van der Waals surface area (Å²) in [5, 5.41) is 2.72. The lowest BCUT2D eigenvalue weighted by atomic mass is 10.2. The van der Waals surface area contributed by atoms with E-state index in [2.05, 4.69) is 76.5 Å². The predicted octanol–water partition coefficient (Wildman–Crippen LogP) is 4.42. The number of halogens is 1. The highest BCUT2D eigenvalue weighted by atomic mass is 127. The highest BCUT2D eigenvalue weighted by Crippen LogP contribution is 2.29. The second-order valence-electron chi connectivity index (χ2n) is 3.92. The molecular weight excluding hydrogens is 309 g/mol. The van der Waals surface area contributed by atoms with Gasteiger partial charge in [-0.1, -0.05) is 24.3 Å². The maximum Gasteiger partial charge on any atom is 0.0501 e. The van der Waals surface area contributed by atoms with Crippen LogP contribution in [0.1, 0.15) is 6.92 Å². The molecule has 2 heteroatoms. The van der Waals surface area contributed by atoms with E-state index >= 15 is 0 Å². The number of fused-ring (bicyclic) bond motifs is 3. The Morgan fingerprint density at radius 1 is 1.00 bits per heavy atom. The maximum atomic E-state index is 2.38. The van der Waals surface area contributed by atoms with Gasteiger partial charge in [0.05, 0.1) is 5.52 Å². The van der Waals surface area contributed by atoms with Gasteiger partial charge in [-0.15, -0.1) is 0 Å². The van der Waals surface area contributed by atoms with Gasteiger partial charge < -0.3 is 4.57 Å². The molecular formula is C14H12IN. The van der Waals surface area contributed by atoms with Gasteiger partial charge in [0.2, 0.25) is 0 Å². The van der Waals surface area contributed by atoms with Crippen molar-refractivity contribution in [2.75, 3.05) is 0 Å². The number of aromatic nitrogens is 1. The molecule has 16 heavy (non-hydrogen) atoms. The average molecular weight is 321 g/mol. The van der Waals surface area contributed by atoms with Crippen molar-refractivity contribution in [3.63, 3.8) is 0 Å². The Balaban J connectivity index is 2.58. The van der Waals surface area contributed by atoms with Gasteiger partial charge in [-0.05, 0) is 47.7 Å². The molecule has 0 bridgehead atoms. The van der Waals surface area contributed by atoms with E-state index in [-0.39, 0.29) is 0 Å². The van der Waals surface area contributed by atoms with E-state index in [4.69, 9.17) is 0 Å². The minimum absolute atomic E-state index is 1.02. The molecule has 80 valence electrons. The zero-order valence-corrected chi connectivity index (χ0v) is 11.2. The van der Waals surface area contributed by atoms with Crippen molar-refractivity contribution in [1.29, 1.82) is 0 Å². The highest BCUT2D eigenvalue weighted by Gasteiger charge is 2.08. The first kappa shape index (κ1) is 10.1. The second-order valence-corrected chi connectivity index (χ2v) is 5.17. The minimum atomic E-state index is 1.02. The summed E-state index contributed by atoms with van der Waals surface area (Å²) in [6.07, 6.45) is 0. The van der Waals surface area contributed by atoms with E-state index in [9.17, 15) is 0 Å². The van der Waals surface area contributed by atoms with Crippen molar-refractivity contribution in [2.45, 2.75) is 13.5 Å². The molecule has 0 atom stereocenters.